The molecule has 3 rings (SSSR count). The molecule has 154 valence electrons. The molecule has 29 heavy (non-hydrogen) atoms. The van der Waals surface area contributed by atoms with Gasteiger partial charge < -0.3 is 15.0 Å². The molecule has 1 aromatic carbocycles. The number of hydrogen-bond acceptors (Lipinski definition) is 5. The molecule has 9 nitrogen and oxygen atoms in total. The molecule has 0 saturated carbocycles. The minimum absolute atomic E-state index is 0.0314. The van der Waals surface area contributed by atoms with E-state index in [1.54, 1.807) is 7.11 Å². The van der Waals surface area contributed by atoms with Crippen molar-refractivity contribution in [3.05, 3.63) is 56.5 Å². The molecule has 1 unspecified atom stereocenters. The number of carbonyl (C=O) groups is 1. The zero-order valence-corrected chi connectivity index (χ0v) is 16.7. The second-order valence-corrected chi connectivity index (χ2v) is 7.06. The van der Waals surface area contributed by atoms with Gasteiger partial charge in [-0.15, -0.1) is 0 Å². The van der Waals surface area contributed by atoms with E-state index in [1.165, 1.54) is 17.2 Å². The summed E-state index contributed by atoms with van der Waals surface area (Å²) >= 11 is 0. The fraction of sp³-hybridized carbons (Fsp3) is 0.400. The van der Waals surface area contributed by atoms with Crippen LogP contribution >= 0.6 is 0 Å². The van der Waals surface area contributed by atoms with Crippen LogP contribution in [0.1, 0.15) is 31.2 Å². The highest BCUT2D eigenvalue weighted by Crippen LogP contribution is 2.13. The molecule has 0 fully saturated rings. The monoisotopic (exact) mass is 399 g/mol. The molecule has 1 atom stereocenters. The Balaban J connectivity index is 1.51. The van der Waals surface area contributed by atoms with Crippen molar-refractivity contribution in [3.63, 3.8) is 0 Å². The van der Waals surface area contributed by atoms with E-state index in [2.05, 4.69) is 20.3 Å². The Morgan fingerprint density at radius 3 is 2.62 bits per heavy atom. The third kappa shape index (κ3) is 4.92. The van der Waals surface area contributed by atoms with Crippen molar-refractivity contribution < 1.29 is 9.53 Å². The predicted octanol–water partition coefficient (Wildman–Crippen LogP) is 1.03. The van der Waals surface area contributed by atoms with E-state index in [4.69, 9.17) is 4.74 Å². The minimum atomic E-state index is -0.524. The van der Waals surface area contributed by atoms with Gasteiger partial charge in [-0.05, 0) is 37.5 Å². The Bertz CT molecular complexity index is 1110. The standard InChI is InChI=1S/C20H25N5O4/c1-12(4-5-13-6-8-14(29-3)9-7-13)21-16(26)11-10-15-22-17-18(23-15)25(2)20(28)24-19(17)27/h6-9,12H,4-5,10-11H2,1-3H3,(H,21,26)(H,22,23)(H,24,27,28). The van der Waals surface area contributed by atoms with Crippen LogP contribution in [-0.4, -0.2) is 38.6 Å². The number of aromatic amines is 2. The number of nitrogens with zero attached hydrogens (tertiary/aromatic N) is 2. The fourth-order valence-corrected chi connectivity index (χ4v) is 3.10. The average molecular weight is 399 g/mol. The summed E-state index contributed by atoms with van der Waals surface area (Å²) in [5.74, 6) is 1.23. The zero-order valence-electron chi connectivity index (χ0n) is 16.7. The summed E-state index contributed by atoms with van der Waals surface area (Å²) in [5.41, 5.74) is 0.657. The Labute approximate surface area is 167 Å². The van der Waals surface area contributed by atoms with E-state index in [9.17, 15) is 14.4 Å². The average Bonchev–Trinajstić information content (AvgIpc) is 3.14. The molecule has 0 spiro atoms. The first-order valence-corrected chi connectivity index (χ1v) is 9.47. The predicted molar refractivity (Wildman–Crippen MR) is 109 cm³/mol. The second kappa shape index (κ2) is 8.76. The second-order valence-electron chi connectivity index (χ2n) is 7.06. The molecule has 0 aliphatic rings. The van der Waals surface area contributed by atoms with Gasteiger partial charge in [0.2, 0.25) is 5.91 Å². The van der Waals surface area contributed by atoms with Gasteiger partial charge in [0.25, 0.3) is 5.56 Å². The summed E-state index contributed by atoms with van der Waals surface area (Å²) in [6, 6.07) is 7.91. The molecule has 0 radical (unpaired) electrons. The highest BCUT2D eigenvalue weighted by molar-refractivity contribution is 5.76. The normalized spacial score (nSPS) is 12.1. The Morgan fingerprint density at radius 1 is 1.21 bits per heavy atom. The number of benzene rings is 1. The lowest BCUT2D eigenvalue weighted by Crippen LogP contribution is -2.33. The lowest BCUT2D eigenvalue weighted by Gasteiger charge is -2.14. The van der Waals surface area contributed by atoms with E-state index in [-0.39, 0.29) is 29.5 Å². The van der Waals surface area contributed by atoms with Gasteiger partial charge in [-0.3, -0.25) is 19.1 Å². The zero-order chi connectivity index (χ0) is 21.0. The third-order valence-corrected chi connectivity index (χ3v) is 4.82. The van der Waals surface area contributed by atoms with Crippen LogP contribution in [-0.2, 0) is 24.7 Å². The van der Waals surface area contributed by atoms with E-state index in [1.807, 2.05) is 31.2 Å². The van der Waals surface area contributed by atoms with E-state index in [0.717, 1.165) is 18.6 Å². The topological polar surface area (TPSA) is 122 Å². The van der Waals surface area contributed by atoms with Crippen LogP contribution in [0.5, 0.6) is 5.75 Å². The molecular formula is C20H25N5O4. The van der Waals surface area contributed by atoms with E-state index < -0.39 is 11.2 Å². The summed E-state index contributed by atoms with van der Waals surface area (Å²) in [7, 11) is 3.17. The molecular weight excluding hydrogens is 374 g/mol. The van der Waals surface area contributed by atoms with Gasteiger partial charge in [0.15, 0.2) is 5.65 Å². The van der Waals surface area contributed by atoms with Crippen molar-refractivity contribution in [3.8, 4) is 5.75 Å². The molecule has 0 bridgehead atoms. The van der Waals surface area contributed by atoms with E-state index in [0.29, 0.717) is 12.2 Å². The first kappa shape index (κ1) is 20.4. The number of ether oxygens (including phenoxy) is 1. The summed E-state index contributed by atoms with van der Waals surface area (Å²) in [4.78, 5) is 45.1. The van der Waals surface area contributed by atoms with Crippen LogP contribution in [0.15, 0.2) is 33.9 Å². The maximum atomic E-state index is 12.2. The van der Waals surface area contributed by atoms with Crippen molar-refractivity contribution in [2.45, 2.75) is 38.6 Å². The Morgan fingerprint density at radius 2 is 1.93 bits per heavy atom. The number of aryl methyl sites for hydroxylation is 3. The summed E-state index contributed by atoms with van der Waals surface area (Å²) < 4.78 is 6.41. The molecule has 0 saturated heterocycles. The molecule has 3 aromatic rings. The lowest BCUT2D eigenvalue weighted by atomic mass is 10.1. The van der Waals surface area contributed by atoms with Crippen LogP contribution < -0.4 is 21.3 Å². The summed E-state index contributed by atoms with van der Waals surface area (Å²) in [6.45, 7) is 1.97. The van der Waals surface area contributed by atoms with Crippen molar-refractivity contribution in [1.29, 1.82) is 0 Å². The highest BCUT2D eigenvalue weighted by atomic mass is 16.5. The number of amides is 1. The largest absolute Gasteiger partial charge is 0.497 e. The smallest absolute Gasteiger partial charge is 0.329 e. The summed E-state index contributed by atoms with van der Waals surface area (Å²) in [6.07, 6.45) is 2.25. The number of H-pyrrole nitrogens is 2. The van der Waals surface area contributed by atoms with Gasteiger partial charge >= 0.3 is 5.69 Å². The lowest BCUT2D eigenvalue weighted by molar-refractivity contribution is -0.121. The van der Waals surface area contributed by atoms with Gasteiger partial charge in [-0.1, -0.05) is 12.1 Å². The molecule has 9 heteroatoms. The number of imidazole rings is 1. The Kier molecular flexibility index (Phi) is 6.16. The maximum absolute atomic E-state index is 12.2. The minimum Gasteiger partial charge on any atom is -0.497 e. The van der Waals surface area contributed by atoms with Crippen LogP contribution in [0.25, 0.3) is 11.2 Å². The van der Waals surface area contributed by atoms with Crippen LogP contribution in [0, 0.1) is 0 Å². The van der Waals surface area contributed by atoms with Gasteiger partial charge in [-0.2, -0.15) is 0 Å². The van der Waals surface area contributed by atoms with Crippen molar-refractivity contribution in [2.75, 3.05) is 7.11 Å². The van der Waals surface area contributed by atoms with Crippen LogP contribution in [0.2, 0.25) is 0 Å². The van der Waals surface area contributed by atoms with E-state index >= 15 is 0 Å². The SMILES string of the molecule is COc1ccc(CCC(C)NC(=O)CCc2nc3c([nH]2)c(=O)[nH]c(=O)n3C)cc1. The number of nitrogens with one attached hydrogen (secondary N) is 3. The number of fused-ring (bicyclic) bond motifs is 1. The van der Waals surface area contributed by atoms with Crippen molar-refractivity contribution in [2.24, 2.45) is 7.05 Å². The molecule has 0 aliphatic heterocycles. The molecule has 2 aromatic heterocycles. The molecule has 2 heterocycles. The Hall–Kier alpha value is -3.36. The first-order valence-electron chi connectivity index (χ1n) is 9.47. The van der Waals surface area contributed by atoms with Crippen molar-refractivity contribution >= 4 is 17.1 Å². The van der Waals surface area contributed by atoms with Gasteiger partial charge in [0.05, 0.1) is 7.11 Å². The number of carbonyl (C=O) groups excluding carboxylic acids is 1. The van der Waals surface area contributed by atoms with Gasteiger partial charge in [0, 0.05) is 25.9 Å². The number of hydrogen-bond donors (Lipinski definition) is 3. The quantitative estimate of drug-likeness (QED) is 0.522. The summed E-state index contributed by atoms with van der Waals surface area (Å²) in [5, 5.41) is 2.98. The van der Waals surface area contributed by atoms with Crippen LogP contribution in [0.4, 0.5) is 0 Å². The van der Waals surface area contributed by atoms with Gasteiger partial charge in [0.1, 0.15) is 17.1 Å². The number of rotatable bonds is 8. The van der Waals surface area contributed by atoms with Crippen LogP contribution in [0.3, 0.4) is 0 Å². The first-order chi connectivity index (χ1) is 13.9. The third-order valence-electron chi connectivity index (χ3n) is 4.82. The molecule has 0 aliphatic carbocycles. The highest BCUT2D eigenvalue weighted by Gasteiger charge is 2.13. The number of aromatic nitrogens is 4. The van der Waals surface area contributed by atoms with Crippen molar-refractivity contribution in [1.82, 2.24) is 24.8 Å². The fourth-order valence-electron chi connectivity index (χ4n) is 3.10. The molecule has 3 N–H and O–H groups in total. The maximum Gasteiger partial charge on any atom is 0.329 e. The number of methoxy groups -OCH3 is 1. The molecule has 1 amide bonds. The van der Waals surface area contributed by atoms with Gasteiger partial charge in [-0.25, -0.2) is 9.78 Å².